The molecule has 0 saturated carbocycles. The van der Waals surface area contributed by atoms with Crippen molar-refractivity contribution in [3.63, 3.8) is 0 Å². The smallest absolute Gasteiger partial charge is 0.328 e. The molecule has 0 aliphatic rings. The van der Waals surface area contributed by atoms with Crippen molar-refractivity contribution >= 4 is 15.9 Å². The van der Waals surface area contributed by atoms with Crippen molar-refractivity contribution in [2.75, 3.05) is 7.11 Å². The Bertz CT molecular complexity index is 601. The lowest BCUT2D eigenvalue weighted by Crippen LogP contribution is -2.23. The van der Waals surface area contributed by atoms with Crippen LogP contribution in [0, 0.1) is 0 Å². The number of halogens is 1. The van der Waals surface area contributed by atoms with Crippen LogP contribution in [0.4, 0.5) is 0 Å². The first-order valence-corrected chi connectivity index (χ1v) is 6.53. The fraction of sp³-hybridized carbons (Fsp3) is 0.308. The number of hydrogen-bond acceptors (Lipinski definition) is 2. The summed E-state index contributed by atoms with van der Waals surface area (Å²) in [5, 5.41) is 0. The van der Waals surface area contributed by atoms with Crippen molar-refractivity contribution in [2.24, 2.45) is 0 Å². The van der Waals surface area contributed by atoms with Crippen LogP contribution in [-0.4, -0.2) is 16.2 Å². The Morgan fingerprint density at radius 3 is 2.61 bits per heavy atom. The van der Waals surface area contributed by atoms with Gasteiger partial charge in [0.25, 0.3) is 0 Å². The lowest BCUT2D eigenvalue weighted by atomic mass is 10.2. The number of benzene rings is 1. The molecule has 0 radical (unpaired) electrons. The van der Waals surface area contributed by atoms with Gasteiger partial charge in [-0.25, -0.2) is 4.79 Å². The number of rotatable bonds is 4. The second-order valence-electron chi connectivity index (χ2n) is 3.95. The first-order chi connectivity index (χ1) is 8.65. The Kier molecular flexibility index (Phi) is 3.91. The third-order valence-corrected chi connectivity index (χ3v) is 3.34. The zero-order valence-electron chi connectivity index (χ0n) is 10.4. The highest BCUT2D eigenvalue weighted by Gasteiger charge is 2.07. The fourth-order valence-electron chi connectivity index (χ4n) is 1.87. The summed E-state index contributed by atoms with van der Waals surface area (Å²) < 4.78 is 9.62. The molecule has 0 saturated heterocycles. The number of imidazole rings is 1. The third kappa shape index (κ3) is 2.51. The van der Waals surface area contributed by atoms with Gasteiger partial charge in [0.2, 0.25) is 0 Å². The second-order valence-corrected chi connectivity index (χ2v) is 4.87. The third-order valence-electron chi connectivity index (χ3n) is 2.84. The van der Waals surface area contributed by atoms with Gasteiger partial charge in [-0.05, 0) is 25.1 Å². The molecule has 2 rings (SSSR count). The van der Waals surface area contributed by atoms with Crippen LogP contribution in [0.15, 0.2) is 39.9 Å². The topological polar surface area (TPSA) is 36.2 Å². The van der Waals surface area contributed by atoms with Crippen LogP contribution in [0.25, 0.3) is 0 Å². The average molecular weight is 311 g/mol. The summed E-state index contributed by atoms with van der Waals surface area (Å²) in [7, 11) is 1.63. The van der Waals surface area contributed by atoms with Gasteiger partial charge in [0, 0.05) is 29.0 Å². The molecule has 1 aromatic carbocycles. The molecular weight excluding hydrogens is 296 g/mol. The maximum Gasteiger partial charge on any atom is 0.328 e. The van der Waals surface area contributed by atoms with Gasteiger partial charge in [-0.2, -0.15) is 0 Å². The van der Waals surface area contributed by atoms with Crippen molar-refractivity contribution in [1.29, 1.82) is 0 Å². The molecule has 2 aromatic rings. The van der Waals surface area contributed by atoms with Crippen molar-refractivity contribution < 1.29 is 4.74 Å². The fourth-order valence-corrected chi connectivity index (χ4v) is 2.28. The molecule has 0 aliphatic heterocycles. The summed E-state index contributed by atoms with van der Waals surface area (Å²) in [5.41, 5.74) is 0.974. The van der Waals surface area contributed by atoms with E-state index in [1.165, 1.54) is 0 Å². The summed E-state index contributed by atoms with van der Waals surface area (Å²) in [5.74, 6) is 0.786. The number of aromatic nitrogens is 2. The summed E-state index contributed by atoms with van der Waals surface area (Å²) in [6, 6.07) is 5.78. The summed E-state index contributed by atoms with van der Waals surface area (Å²) in [6.07, 6.45) is 3.60. The molecule has 96 valence electrons. The number of nitrogens with zero attached hydrogens (tertiary/aromatic N) is 2. The highest BCUT2D eigenvalue weighted by molar-refractivity contribution is 9.10. The van der Waals surface area contributed by atoms with E-state index in [1.54, 1.807) is 28.6 Å². The average Bonchev–Trinajstić information content (AvgIpc) is 2.71. The van der Waals surface area contributed by atoms with E-state index in [0.717, 1.165) is 15.8 Å². The lowest BCUT2D eigenvalue weighted by Gasteiger charge is -2.09. The number of ether oxygens (including phenoxy) is 1. The molecule has 0 atom stereocenters. The number of methoxy groups -OCH3 is 1. The Morgan fingerprint density at radius 2 is 2.00 bits per heavy atom. The Hall–Kier alpha value is -1.49. The highest BCUT2D eigenvalue weighted by Crippen LogP contribution is 2.23. The van der Waals surface area contributed by atoms with Crippen LogP contribution >= 0.6 is 15.9 Å². The molecule has 4 nitrogen and oxygen atoms in total. The molecule has 0 amide bonds. The molecule has 0 unspecified atom stereocenters. The SMILES string of the molecule is CCn1ccn(Cc2cc(Br)ccc2OC)c1=O. The van der Waals surface area contributed by atoms with Crippen molar-refractivity contribution in [3.8, 4) is 5.75 Å². The molecular formula is C13H15BrN2O2. The van der Waals surface area contributed by atoms with Gasteiger partial charge in [-0.3, -0.25) is 9.13 Å². The Morgan fingerprint density at radius 1 is 1.28 bits per heavy atom. The number of aryl methyl sites for hydroxylation is 1. The minimum absolute atomic E-state index is 0.000437. The molecule has 0 spiro atoms. The van der Waals surface area contributed by atoms with Crippen molar-refractivity contribution in [3.05, 3.63) is 51.1 Å². The van der Waals surface area contributed by atoms with Crippen LogP contribution in [0.3, 0.4) is 0 Å². The zero-order chi connectivity index (χ0) is 13.1. The van der Waals surface area contributed by atoms with Crippen LogP contribution in [0.2, 0.25) is 0 Å². The van der Waals surface area contributed by atoms with E-state index in [0.29, 0.717) is 13.1 Å². The predicted octanol–water partition coefficient (Wildman–Crippen LogP) is 2.49. The normalized spacial score (nSPS) is 10.6. The molecule has 0 fully saturated rings. The van der Waals surface area contributed by atoms with Crippen molar-refractivity contribution in [2.45, 2.75) is 20.0 Å². The predicted molar refractivity (Wildman–Crippen MR) is 74.2 cm³/mol. The molecule has 0 N–H and O–H groups in total. The van der Waals surface area contributed by atoms with Gasteiger partial charge in [0.1, 0.15) is 5.75 Å². The molecule has 0 bridgehead atoms. The maximum atomic E-state index is 12.0. The highest BCUT2D eigenvalue weighted by atomic mass is 79.9. The monoisotopic (exact) mass is 310 g/mol. The standard InChI is InChI=1S/C13H15BrN2O2/c1-3-15-6-7-16(13(15)17)9-10-8-11(14)4-5-12(10)18-2/h4-8H,3,9H2,1-2H3. The van der Waals surface area contributed by atoms with Crippen LogP contribution in [0.5, 0.6) is 5.75 Å². The van der Waals surface area contributed by atoms with Crippen LogP contribution in [0.1, 0.15) is 12.5 Å². The summed E-state index contributed by atoms with van der Waals surface area (Å²) >= 11 is 3.43. The minimum Gasteiger partial charge on any atom is -0.496 e. The van der Waals surface area contributed by atoms with E-state index in [9.17, 15) is 4.79 Å². The van der Waals surface area contributed by atoms with E-state index in [4.69, 9.17) is 4.74 Å². The van der Waals surface area contributed by atoms with Gasteiger partial charge in [-0.1, -0.05) is 15.9 Å². The van der Waals surface area contributed by atoms with Crippen molar-refractivity contribution in [1.82, 2.24) is 9.13 Å². The summed E-state index contributed by atoms with van der Waals surface area (Å²) in [6.45, 7) is 3.14. The summed E-state index contributed by atoms with van der Waals surface area (Å²) in [4.78, 5) is 12.0. The second kappa shape index (κ2) is 5.44. The first-order valence-electron chi connectivity index (χ1n) is 5.73. The van der Waals surface area contributed by atoms with Crippen LogP contribution < -0.4 is 10.4 Å². The first kappa shape index (κ1) is 13.0. The van der Waals surface area contributed by atoms with Gasteiger partial charge < -0.3 is 4.74 Å². The van der Waals surface area contributed by atoms with Gasteiger partial charge in [-0.15, -0.1) is 0 Å². The van der Waals surface area contributed by atoms with Gasteiger partial charge in [0.05, 0.1) is 13.7 Å². The Balaban J connectivity index is 2.36. The van der Waals surface area contributed by atoms with Gasteiger partial charge in [0.15, 0.2) is 0 Å². The molecule has 18 heavy (non-hydrogen) atoms. The zero-order valence-corrected chi connectivity index (χ0v) is 12.0. The van der Waals surface area contributed by atoms with Crippen LogP contribution in [-0.2, 0) is 13.1 Å². The molecule has 0 aliphatic carbocycles. The lowest BCUT2D eigenvalue weighted by molar-refractivity contribution is 0.408. The molecule has 1 aromatic heterocycles. The van der Waals surface area contributed by atoms with E-state index < -0.39 is 0 Å². The minimum atomic E-state index is -0.000437. The quantitative estimate of drug-likeness (QED) is 0.870. The van der Waals surface area contributed by atoms with E-state index >= 15 is 0 Å². The molecule has 5 heteroatoms. The Labute approximate surface area is 114 Å². The van der Waals surface area contributed by atoms with E-state index in [1.807, 2.05) is 25.1 Å². The number of hydrogen-bond donors (Lipinski definition) is 0. The van der Waals surface area contributed by atoms with Gasteiger partial charge >= 0.3 is 5.69 Å². The maximum absolute atomic E-state index is 12.0. The largest absolute Gasteiger partial charge is 0.496 e. The molecule has 1 heterocycles. The van der Waals surface area contributed by atoms with E-state index in [-0.39, 0.29) is 5.69 Å². The van der Waals surface area contributed by atoms with E-state index in [2.05, 4.69) is 15.9 Å².